The van der Waals surface area contributed by atoms with Gasteiger partial charge in [-0.05, 0) is 57.7 Å². The number of halogens is 2. The number of carbonyl (C=O) groups is 1. The molecule has 2 rings (SSSR count). The van der Waals surface area contributed by atoms with Crippen LogP contribution in [-0.4, -0.2) is 42.5 Å². The summed E-state index contributed by atoms with van der Waals surface area (Å²) in [6.07, 6.45) is 5.37. The SMILES string of the molecule is CCN1CCC(CCNC(=O)C2(N)CC2)CC1.Cl.Cl. The lowest BCUT2D eigenvalue weighted by Crippen LogP contribution is -2.43. The lowest BCUT2D eigenvalue weighted by Gasteiger charge is -2.31. The van der Waals surface area contributed by atoms with Gasteiger partial charge in [0.15, 0.2) is 0 Å². The molecule has 0 aromatic carbocycles. The third-order valence-corrected chi connectivity index (χ3v) is 4.23. The van der Waals surface area contributed by atoms with E-state index >= 15 is 0 Å². The second-order valence-electron chi connectivity index (χ2n) is 5.58. The molecule has 1 saturated heterocycles. The van der Waals surface area contributed by atoms with Crippen LogP contribution in [0.4, 0.5) is 0 Å². The van der Waals surface area contributed by atoms with Crippen molar-refractivity contribution in [3.8, 4) is 0 Å². The molecular weight excluding hydrogens is 285 g/mol. The van der Waals surface area contributed by atoms with Crippen molar-refractivity contribution >= 4 is 30.7 Å². The molecule has 1 aliphatic carbocycles. The van der Waals surface area contributed by atoms with Crippen LogP contribution >= 0.6 is 24.8 Å². The van der Waals surface area contributed by atoms with Gasteiger partial charge in [0.05, 0.1) is 5.54 Å². The number of nitrogens with two attached hydrogens (primary N) is 1. The highest BCUT2D eigenvalue weighted by molar-refractivity contribution is 5.88. The van der Waals surface area contributed by atoms with E-state index in [0.29, 0.717) is 0 Å². The maximum atomic E-state index is 11.6. The van der Waals surface area contributed by atoms with E-state index in [1.807, 2.05) is 0 Å². The molecule has 6 heteroatoms. The van der Waals surface area contributed by atoms with Crippen molar-refractivity contribution in [2.45, 2.75) is 44.6 Å². The number of piperidine rings is 1. The number of rotatable bonds is 5. The Morgan fingerprint density at radius 3 is 2.37 bits per heavy atom. The summed E-state index contributed by atoms with van der Waals surface area (Å²) in [5.41, 5.74) is 5.32. The van der Waals surface area contributed by atoms with Gasteiger partial charge in [-0.3, -0.25) is 4.79 Å². The normalized spacial score (nSPS) is 22.0. The molecule has 19 heavy (non-hydrogen) atoms. The summed E-state index contributed by atoms with van der Waals surface area (Å²) >= 11 is 0. The summed E-state index contributed by atoms with van der Waals surface area (Å²) in [5.74, 6) is 0.842. The molecular formula is C13H27Cl2N3O. The maximum Gasteiger partial charge on any atom is 0.240 e. The van der Waals surface area contributed by atoms with Crippen LogP contribution < -0.4 is 11.1 Å². The van der Waals surface area contributed by atoms with Crippen molar-refractivity contribution in [2.75, 3.05) is 26.2 Å². The van der Waals surface area contributed by atoms with Gasteiger partial charge in [0.1, 0.15) is 0 Å². The Balaban J connectivity index is 0.00000162. The van der Waals surface area contributed by atoms with Gasteiger partial charge in [-0.2, -0.15) is 0 Å². The summed E-state index contributed by atoms with van der Waals surface area (Å²) in [4.78, 5) is 14.1. The first kappa shape index (κ1) is 19.0. The topological polar surface area (TPSA) is 58.4 Å². The lowest BCUT2D eigenvalue weighted by atomic mass is 9.93. The number of hydrogen-bond donors (Lipinski definition) is 2. The summed E-state index contributed by atoms with van der Waals surface area (Å²) in [6.45, 7) is 6.62. The summed E-state index contributed by atoms with van der Waals surface area (Å²) in [7, 11) is 0. The molecule has 2 fully saturated rings. The molecule has 4 nitrogen and oxygen atoms in total. The zero-order chi connectivity index (χ0) is 12.3. The Morgan fingerprint density at radius 1 is 1.32 bits per heavy atom. The van der Waals surface area contributed by atoms with Crippen LogP contribution in [0.1, 0.15) is 39.0 Å². The van der Waals surface area contributed by atoms with Crippen LogP contribution in [-0.2, 0) is 4.79 Å². The van der Waals surface area contributed by atoms with E-state index in [1.54, 1.807) is 0 Å². The summed E-state index contributed by atoms with van der Waals surface area (Å²) in [5, 5.41) is 2.98. The van der Waals surface area contributed by atoms with E-state index in [9.17, 15) is 4.79 Å². The zero-order valence-electron chi connectivity index (χ0n) is 11.7. The molecule has 0 spiro atoms. The number of carbonyl (C=O) groups excluding carboxylic acids is 1. The molecule has 2 aliphatic rings. The number of amides is 1. The third-order valence-electron chi connectivity index (χ3n) is 4.23. The third kappa shape index (κ3) is 5.46. The fourth-order valence-electron chi connectivity index (χ4n) is 2.52. The van der Waals surface area contributed by atoms with Gasteiger partial charge >= 0.3 is 0 Å². The van der Waals surface area contributed by atoms with E-state index in [2.05, 4.69) is 17.1 Å². The molecule has 1 saturated carbocycles. The molecule has 1 amide bonds. The second-order valence-corrected chi connectivity index (χ2v) is 5.58. The summed E-state index contributed by atoms with van der Waals surface area (Å²) in [6, 6.07) is 0. The van der Waals surface area contributed by atoms with E-state index in [0.717, 1.165) is 31.7 Å². The minimum atomic E-state index is -0.508. The quantitative estimate of drug-likeness (QED) is 0.810. The average molecular weight is 312 g/mol. The average Bonchev–Trinajstić information content (AvgIpc) is 3.09. The van der Waals surface area contributed by atoms with Crippen molar-refractivity contribution in [2.24, 2.45) is 11.7 Å². The van der Waals surface area contributed by atoms with Crippen LogP contribution in [0.15, 0.2) is 0 Å². The highest BCUT2D eigenvalue weighted by Gasteiger charge is 2.45. The lowest BCUT2D eigenvalue weighted by molar-refractivity contribution is -0.123. The van der Waals surface area contributed by atoms with Crippen LogP contribution in [0.3, 0.4) is 0 Å². The van der Waals surface area contributed by atoms with Gasteiger partial charge in [-0.1, -0.05) is 6.92 Å². The number of nitrogens with zero attached hydrogens (tertiary/aromatic N) is 1. The van der Waals surface area contributed by atoms with Gasteiger partial charge in [-0.15, -0.1) is 24.8 Å². The summed E-state index contributed by atoms with van der Waals surface area (Å²) < 4.78 is 0. The predicted octanol–water partition coefficient (Wildman–Crippen LogP) is 1.56. The standard InChI is InChI=1S/C13H25N3O.2ClH/c1-2-16-9-4-11(5-10-16)3-8-15-12(17)13(14)6-7-13;;/h11H,2-10,14H2,1H3,(H,15,17);2*1H. The van der Waals surface area contributed by atoms with Gasteiger partial charge in [0.25, 0.3) is 0 Å². The highest BCUT2D eigenvalue weighted by atomic mass is 35.5. The Kier molecular flexibility index (Phi) is 8.29. The molecule has 3 N–H and O–H groups in total. The minimum Gasteiger partial charge on any atom is -0.354 e. The number of nitrogens with one attached hydrogen (secondary N) is 1. The monoisotopic (exact) mass is 311 g/mol. The Hall–Kier alpha value is -0.0300. The molecule has 114 valence electrons. The zero-order valence-corrected chi connectivity index (χ0v) is 13.3. The van der Waals surface area contributed by atoms with Crippen LogP contribution in [0.5, 0.6) is 0 Å². The number of hydrogen-bond acceptors (Lipinski definition) is 3. The molecule has 0 bridgehead atoms. The van der Waals surface area contributed by atoms with E-state index < -0.39 is 5.54 Å². The Labute approximate surface area is 128 Å². The first-order valence-corrected chi connectivity index (χ1v) is 6.93. The second kappa shape index (κ2) is 8.30. The molecule has 0 aromatic rings. The Morgan fingerprint density at radius 2 is 1.89 bits per heavy atom. The van der Waals surface area contributed by atoms with Gasteiger partial charge < -0.3 is 16.0 Å². The fraction of sp³-hybridized carbons (Fsp3) is 0.923. The van der Waals surface area contributed by atoms with Gasteiger partial charge in [0, 0.05) is 6.54 Å². The largest absolute Gasteiger partial charge is 0.354 e. The minimum absolute atomic E-state index is 0. The van der Waals surface area contributed by atoms with E-state index in [1.165, 1.54) is 32.5 Å². The smallest absolute Gasteiger partial charge is 0.240 e. The molecule has 0 unspecified atom stereocenters. The first-order valence-electron chi connectivity index (χ1n) is 6.93. The van der Waals surface area contributed by atoms with Crippen molar-refractivity contribution in [3.63, 3.8) is 0 Å². The Bertz CT molecular complexity index is 277. The number of likely N-dealkylation sites (tertiary alicyclic amines) is 1. The van der Waals surface area contributed by atoms with Gasteiger partial charge in [-0.25, -0.2) is 0 Å². The van der Waals surface area contributed by atoms with Gasteiger partial charge in [0.2, 0.25) is 5.91 Å². The van der Waals surface area contributed by atoms with E-state index in [4.69, 9.17) is 5.73 Å². The fourth-order valence-corrected chi connectivity index (χ4v) is 2.52. The molecule has 0 radical (unpaired) electrons. The molecule has 1 heterocycles. The van der Waals surface area contributed by atoms with Crippen molar-refractivity contribution in [3.05, 3.63) is 0 Å². The first-order chi connectivity index (χ1) is 8.14. The van der Waals surface area contributed by atoms with Crippen LogP contribution in [0.2, 0.25) is 0 Å². The molecule has 0 aromatic heterocycles. The van der Waals surface area contributed by atoms with Crippen LogP contribution in [0.25, 0.3) is 0 Å². The van der Waals surface area contributed by atoms with E-state index in [-0.39, 0.29) is 30.7 Å². The van der Waals surface area contributed by atoms with Crippen molar-refractivity contribution in [1.29, 1.82) is 0 Å². The van der Waals surface area contributed by atoms with Crippen molar-refractivity contribution < 1.29 is 4.79 Å². The van der Waals surface area contributed by atoms with Crippen LogP contribution in [0, 0.1) is 5.92 Å². The van der Waals surface area contributed by atoms with Crippen molar-refractivity contribution in [1.82, 2.24) is 10.2 Å². The highest BCUT2D eigenvalue weighted by Crippen LogP contribution is 2.32. The maximum absolute atomic E-state index is 11.6. The predicted molar refractivity (Wildman–Crippen MR) is 83.1 cm³/mol. The molecule has 1 aliphatic heterocycles. The molecule has 0 atom stereocenters.